The predicted octanol–water partition coefficient (Wildman–Crippen LogP) is 22.2. The Balaban J connectivity index is 4.32. The van der Waals surface area contributed by atoms with E-state index in [0.717, 1.165) is 141 Å². The van der Waals surface area contributed by atoms with Gasteiger partial charge in [0.05, 0.1) is 0 Å². The first kappa shape index (κ1) is 75.2. The van der Waals surface area contributed by atoms with E-state index in [4.69, 9.17) is 14.2 Å². The van der Waals surface area contributed by atoms with Crippen molar-refractivity contribution in [3.63, 3.8) is 0 Å². The highest BCUT2D eigenvalue weighted by Crippen LogP contribution is 2.14. The smallest absolute Gasteiger partial charge is 0.306 e. The van der Waals surface area contributed by atoms with Gasteiger partial charge in [0.2, 0.25) is 0 Å². The van der Waals surface area contributed by atoms with Crippen molar-refractivity contribution >= 4 is 17.9 Å². The second kappa shape index (κ2) is 66.8. The summed E-state index contributed by atoms with van der Waals surface area (Å²) in [6, 6.07) is 0. The number of hydrogen-bond acceptors (Lipinski definition) is 6. The van der Waals surface area contributed by atoms with Crippen LogP contribution >= 0.6 is 0 Å². The number of rotatable bonds is 55. The number of carbonyl (C=O) groups excluding carboxylic acids is 3. The van der Waals surface area contributed by atoms with Gasteiger partial charge in [-0.2, -0.15) is 0 Å². The summed E-state index contributed by atoms with van der Waals surface area (Å²) in [5.74, 6) is -1.07. The normalized spacial score (nSPS) is 13.5. The molecule has 1 unspecified atom stereocenters. The molecule has 0 rings (SSSR count). The molecular formula is C75H114O6. The lowest BCUT2D eigenvalue weighted by atomic mass is 10.1. The van der Waals surface area contributed by atoms with E-state index in [0.29, 0.717) is 19.3 Å². The van der Waals surface area contributed by atoms with Crippen LogP contribution in [0.15, 0.2) is 194 Å². The number of carbonyl (C=O) groups is 3. The van der Waals surface area contributed by atoms with E-state index in [-0.39, 0.29) is 44.0 Å². The molecule has 6 heteroatoms. The second-order valence-electron chi connectivity index (χ2n) is 20.2. The van der Waals surface area contributed by atoms with Crippen molar-refractivity contribution < 1.29 is 28.6 Å². The minimum Gasteiger partial charge on any atom is -0.462 e. The van der Waals surface area contributed by atoms with Crippen molar-refractivity contribution in [2.75, 3.05) is 13.2 Å². The van der Waals surface area contributed by atoms with Crippen molar-refractivity contribution in [1.29, 1.82) is 0 Å². The zero-order valence-corrected chi connectivity index (χ0v) is 51.5. The maximum Gasteiger partial charge on any atom is 0.306 e. The Hall–Kier alpha value is -5.75. The molecule has 1 atom stereocenters. The van der Waals surface area contributed by atoms with Crippen molar-refractivity contribution in [3.05, 3.63) is 194 Å². The van der Waals surface area contributed by atoms with Gasteiger partial charge in [-0.15, -0.1) is 0 Å². The highest BCUT2D eigenvalue weighted by atomic mass is 16.6. The van der Waals surface area contributed by atoms with Gasteiger partial charge in [0, 0.05) is 19.3 Å². The van der Waals surface area contributed by atoms with E-state index < -0.39 is 6.10 Å². The van der Waals surface area contributed by atoms with Crippen LogP contribution in [0, 0.1) is 0 Å². The largest absolute Gasteiger partial charge is 0.462 e. The highest BCUT2D eigenvalue weighted by molar-refractivity contribution is 5.71. The van der Waals surface area contributed by atoms with Crippen LogP contribution in [-0.2, 0) is 28.6 Å². The van der Waals surface area contributed by atoms with E-state index in [1.54, 1.807) is 0 Å². The summed E-state index contributed by atoms with van der Waals surface area (Å²) < 4.78 is 16.8. The summed E-state index contributed by atoms with van der Waals surface area (Å²) in [7, 11) is 0. The molecular weight excluding hydrogens is 997 g/mol. The summed E-state index contributed by atoms with van der Waals surface area (Å²) in [5.41, 5.74) is 0. The number of hydrogen-bond donors (Lipinski definition) is 0. The van der Waals surface area contributed by atoms with Gasteiger partial charge in [-0.25, -0.2) is 0 Å². The third-order valence-electron chi connectivity index (χ3n) is 12.6. The van der Waals surface area contributed by atoms with Crippen LogP contribution in [0.4, 0.5) is 0 Å². The topological polar surface area (TPSA) is 78.9 Å². The van der Waals surface area contributed by atoms with E-state index in [1.807, 2.05) is 12.2 Å². The zero-order valence-electron chi connectivity index (χ0n) is 51.5. The molecule has 0 N–H and O–H groups in total. The minimum atomic E-state index is -0.841. The Morgan fingerprint density at radius 3 is 0.790 bits per heavy atom. The van der Waals surface area contributed by atoms with E-state index in [2.05, 4.69) is 203 Å². The number of unbranched alkanes of at least 4 members (excludes halogenated alkanes) is 12. The Kier molecular flexibility index (Phi) is 62.0. The monoisotopic (exact) mass is 1110 g/mol. The molecule has 6 nitrogen and oxygen atoms in total. The van der Waals surface area contributed by atoms with E-state index >= 15 is 0 Å². The first-order valence-electron chi connectivity index (χ1n) is 31.9. The summed E-state index contributed by atoms with van der Waals surface area (Å²) in [4.78, 5) is 38.2. The summed E-state index contributed by atoms with van der Waals surface area (Å²) in [6.07, 6.45) is 102. The standard InChI is InChI=1S/C75H114O6/c1-4-7-10-13-16-19-22-25-27-28-29-30-31-32-33-34-35-36-37-38-39-40-41-42-43-44-45-46-48-50-53-56-59-62-65-68-74(77)80-71-72(70-79-73(76)67-64-61-58-55-52-49-24-21-18-15-12-9-6-3)81-75(78)69-66-63-60-57-54-51-47-26-23-20-17-14-11-8-5-2/h7-12,16-21,25-27,29-30,32-33,35-36,38-39,41-42,47,49,52,54,57-58,61,72H,4-6,13-15,22-24,28,31,34,37,40,43-46,48,50-51,53,55-56,59-60,62-71H2,1-3H3/b10-7-,11-8-,12-9-,19-16-,20-17-,21-18-,27-25-,30-29-,33-32-,36-35-,39-38-,42-41-,47-26-,52-49-,57-54-,61-58-. The first-order valence-corrected chi connectivity index (χ1v) is 31.9. The Bertz CT molecular complexity index is 1950. The Morgan fingerprint density at radius 1 is 0.247 bits per heavy atom. The average Bonchev–Trinajstić information content (AvgIpc) is 3.46. The summed E-state index contributed by atoms with van der Waals surface area (Å²) in [6.45, 7) is 6.17. The predicted molar refractivity (Wildman–Crippen MR) is 352 cm³/mol. The third-order valence-corrected chi connectivity index (χ3v) is 12.6. The second-order valence-corrected chi connectivity index (χ2v) is 20.2. The van der Waals surface area contributed by atoms with Crippen LogP contribution in [-0.4, -0.2) is 37.2 Å². The molecule has 0 saturated carbocycles. The van der Waals surface area contributed by atoms with Gasteiger partial charge in [0.25, 0.3) is 0 Å². The molecule has 0 fully saturated rings. The van der Waals surface area contributed by atoms with Gasteiger partial charge < -0.3 is 14.2 Å². The molecule has 0 spiro atoms. The van der Waals surface area contributed by atoms with Gasteiger partial charge >= 0.3 is 17.9 Å². The molecule has 0 aliphatic rings. The van der Waals surface area contributed by atoms with Crippen molar-refractivity contribution in [2.45, 2.75) is 245 Å². The third kappa shape index (κ3) is 64.9. The van der Waals surface area contributed by atoms with Crippen LogP contribution < -0.4 is 0 Å². The van der Waals surface area contributed by atoms with Crippen LogP contribution in [0.1, 0.15) is 239 Å². The fraction of sp³-hybridized carbons (Fsp3) is 0.533. The lowest BCUT2D eigenvalue weighted by Crippen LogP contribution is -2.30. The maximum absolute atomic E-state index is 12.8. The van der Waals surface area contributed by atoms with Gasteiger partial charge in [0.1, 0.15) is 13.2 Å². The number of esters is 3. The van der Waals surface area contributed by atoms with Crippen molar-refractivity contribution in [1.82, 2.24) is 0 Å². The average molecular weight is 1110 g/mol. The highest BCUT2D eigenvalue weighted by Gasteiger charge is 2.19. The van der Waals surface area contributed by atoms with Crippen molar-refractivity contribution in [3.8, 4) is 0 Å². The van der Waals surface area contributed by atoms with Crippen molar-refractivity contribution in [2.24, 2.45) is 0 Å². The van der Waals surface area contributed by atoms with Crippen LogP contribution in [0.2, 0.25) is 0 Å². The maximum atomic E-state index is 12.8. The molecule has 0 bridgehead atoms. The van der Waals surface area contributed by atoms with E-state index in [1.165, 1.54) is 44.9 Å². The van der Waals surface area contributed by atoms with Gasteiger partial charge in [-0.1, -0.05) is 267 Å². The molecule has 450 valence electrons. The number of allylic oxidation sites excluding steroid dienone is 32. The molecule has 0 aromatic rings. The van der Waals surface area contributed by atoms with Crippen LogP contribution in [0.3, 0.4) is 0 Å². The number of ether oxygens (including phenoxy) is 3. The van der Waals surface area contributed by atoms with Crippen LogP contribution in [0.25, 0.3) is 0 Å². The molecule has 0 radical (unpaired) electrons. The fourth-order valence-electron chi connectivity index (χ4n) is 7.93. The molecule has 0 aliphatic carbocycles. The van der Waals surface area contributed by atoms with Gasteiger partial charge in [0.15, 0.2) is 6.10 Å². The zero-order chi connectivity index (χ0) is 58.5. The van der Waals surface area contributed by atoms with Crippen LogP contribution in [0.5, 0.6) is 0 Å². The quantitative estimate of drug-likeness (QED) is 0.0261. The minimum absolute atomic E-state index is 0.128. The SMILES string of the molecule is CC/C=C\C/C=C\C/C=C\C/C=C\C/C=C\C/C=C\C/C=C\C/C=C\CCCCCCCCCCCCC(=O)OCC(COC(=O)CC/C=C\C/C=C\C/C=C\C/C=C\CC)OC(=O)CCCC/C=C\C/C=C\C/C=C\C/C=C\CC. The lowest BCUT2D eigenvalue weighted by Gasteiger charge is -2.18. The molecule has 0 heterocycles. The molecule has 0 aliphatic heterocycles. The van der Waals surface area contributed by atoms with Gasteiger partial charge in [-0.3, -0.25) is 14.4 Å². The Morgan fingerprint density at radius 2 is 0.469 bits per heavy atom. The first-order chi connectivity index (χ1) is 40.0. The molecule has 0 saturated heterocycles. The summed E-state index contributed by atoms with van der Waals surface area (Å²) >= 11 is 0. The molecule has 0 aromatic carbocycles. The Labute approximate surface area is 497 Å². The van der Waals surface area contributed by atoms with E-state index in [9.17, 15) is 14.4 Å². The summed E-state index contributed by atoms with van der Waals surface area (Å²) in [5, 5.41) is 0. The molecule has 0 amide bonds. The molecule has 81 heavy (non-hydrogen) atoms. The molecule has 0 aromatic heterocycles. The van der Waals surface area contributed by atoms with Gasteiger partial charge in [-0.05, 0) is 148 Å². The fourth-order valence-corrected chi connectivity index (χ4v) is 7.93. The lowest BCUT2D eigenvalue weighted by molar-refractivity contribution is -0.166.